The third kappa shape index (κ3) is 4.55. The van der Waals surface area contributed by atoms with Crippen molar-refractivity contribution >= 4 is 21.8 Å². The molecule has 0 saturated carbocycles. The second-order valence-corrected chi connectivity index (χ2v) is 8.18. The summed E-state index contributed by atoms with van der Waals surface area (Å²) < 4.78 is 26.5. The van der Waals surface area contributed by atoms with Crippen molar-refractivity contribution in [2.45, 2.75) is 38.0 Å². The zero-order valence-corrected chi connectivity index (χ0v) is 14.7. The van der Waals surface area contributed by atoms with E-state index in [1.807, 2.05) is 13.8 Å². The number of rotatable bonds is 5. The minimum absolute atomic E-state index is 0.0885. The van der Waals surface area contributed by atoms with Gasteiger partial charge in [-0.05, 0) is 37.0 Å². The summed E-state index contributed by atoms with van der Waals surface area (Å²) in [6, 6.07) is 5.83. The van der Waals surface area contributed by atoms with Gasteiger partial charge in [-0.25, -0.2) is 8.42 Å². The van der Waals surface area contributed by atoms with Gasteiger partial charge < -0.3 is 0 Å². The Morgan fingerprint density at radius 2 is 1.83 bits per heavy atom. The standard InChI is InChI=1S/C16H23N3O4S/c1-12(2)10-15(20)17-18-16(21)13-6-5-7-14(11-13)24(22,23)19-8-3-4-9-19/h5-7,11-12H,3-4,8-10H2,1-2H3,(H,17,20)(H,18,21). The molecule has 2 rings (SSSR count). The number of amides is 2. The van der Waals surface area contributed by atoms with Gasteiger partial charge >= 0.3 is 0 Å². The molecule has 24 heavy (non-hydrogen) atoms. The Labute approximate surface area is 142 Å². The molecule has 0 atom stereocenters. The Kier molecular flexibility index (Phi) is 5.95. The van der Waals surface area contributed by atoms with Gasteiger partial charge in [0, 0.05) is 25.1 Å². The normalized spacial score (nSPS) is 15.5. The van der Waals surface area contributed by atoms with Crippen molar-refractivity contribution in [1.29, 1.82) is 0 Å². The highest BCUT2D eigenvalue weighted by atomic mass is 32.2. The summed E-state index contributed by atoms with van der Waals surface area (Å²) in [7, 11) is -3.58. The van der Waals surface area contributed by atoms with E-state index in [1.54, 1.807) is 0 Å². The van der Waals surface area contributed by atoms with Crippen molar-refractivity contribution in [3.63, 3.8) is 0 Å². The monoisotopic (exact) mass is 353 g/mol. The number of hydrogen-bond acceptors (Lipinski definition) is 4. The maximum atomic E-state index is 12.5. The van der Waals surface area contributed by atoms with Crippen LogP contribution in [0, 0.1) is 5.92 Å². The van der Waals surface area contributed by atoms with Crippen molar-refractivity contribution < 1.29 is 18.0 Å². The smallest absolute Gasteiger partial charge is 0.269 e. The summed E-state index contributed by atoms with van der Waals surface area (Å²) in [6.07, 6.45) is 1.99. The average molecular weight is 353 g/mol. The fourth-order valence-corrected chi connectivity index (χ4v) is 4.06. The highest BCUT2D eigenvalue weighted by Crippen LogP contribution is 2.21. The molecule has 1 aliphatic rings. The summed E-state index contributed by atoms with van der Waals surface area (Å²) >= 11 is 0. The van der Waals surface area contributed by atoms with Gasteiger partial charge in [0.25, 0.3) is 5.91 Å². The minimum atomic E-state index is -3.58. The van der Waals surface area contributed by atoms with Crippen LogP contribution in [-0.4, -0.2) is 37.6 Å². The first-order chi connectivity index (χ1) is 11.3. The molecule has 0 aromatic heterocycles. The minimum Gasteiger partial charge on any atom is -0.273 e. The molecular weight excluding hydrogens is 330 g/mol. The number of sulfonamides is 1. The number of nitrogens with zero attached hydrogens (tertiary/aromatic N) is 1. The lowest BCUT2D eigenvalue weighted by Gasteiger charge is -2.16. The Hall–Kier alpha value is -1.93. The van der Waals surface area contributed by atoms with Crippen LogP contribution in [0.5, 0.6) is 0 Å². The number of nitrogens with one attached hydrogen (secondary N) is 2. The zero-order chi connectivity index (χ0) is 17.7. The molecule has 1 heterocycles. The number of benzene rings is 1. The zero-order valence-electron chi connectivity index (χ0n) is 13.9. The Balaban J connectivity index is 2.07. The molecule has 7 nitrogen and oxygen atoms in total. The highest BCUT2D eigenvalue weighted by Gasteiger charge is 2.27. The van der Waals surface area contributed by atoms with Crippen LogP contribution in [0.4, 0.5) is 0 Å². The topological polar surface area (TPSA) is 95.6 Å². The Bertz CT molecular complexity index is 710. The molecular formula is C16H23N3O4S. The number of carbonyl (C=O) groups is 2. The van der Waals surface area contributed by atoms with Crippen LogP contribution in [0.2, 0.25) is 0 Å². The molecule has 2 N–H and O–H groups in total. The van der Waals surface area contributed by atoms with E-state index in [-0.39, 0.29) is 22.3 Å². The molecule has 1 aromatic carbocycles. The fourth-order valence-electron chi connectivity index (χ4n) is 2.50. The summed E-state index contributed by atoms with van der Waals surface area (Å²) in [5, 5.41) is 0. The van der Waals surface area contributed by atoms with E-state index in [2.05, 4.69) is 10.9 Å². The van der Waals surface area contributed by atoms with E-state index >= 15 is 0 Å². The van der Waals surface area contributed by atoms with Gasteiger partial charge in [0.15, 0.2) is 0 Å². The van der Waals surface area contributed by atoms with Gasteiger partial charge in [-0.1, -0.05) is 19.9 Å². The van der Waals surface area contributed by atoms with Crippen LogP contribution in [0.1, 0.15) is 43.5 Å². The van der Waals surface area contributed by atoms with Crippen LogP contribution in [0.3, 0.4) is 0 Å². The lowest BCUT2D eigenvalue weighted by molar-refractivity contribution is -0.122. The third-order valence-corrected chi connectivity index (χ3v) is 5.60. The van der Waals surface area contributed by atoms with Crippen LogP contribution >= 0.6 is 0 Å². The first kappa shape index (κ1) is 18.4. The summed E-state index contributed by atoms with van der Waals surface area (Å²) in [4.78, 5) is 23.8. The van der Waals surface area contributed by atoms with Gasteiger partial charge in [-0.3, -0.25) is 20.4 Å². The second kappa shape index (κ2) is 7.76. The van der Waals surface area contributed by atoms with Crippen LogP contribution < -0.4 is 10.9 Å². The van der Waals surface area contributed by atoms with Crippen molar-refractivity contribution in [3.05, 3.63) is 29.8 Å². The van der Waals surface area contributed by atoms with Gasteiger partial charge in [-0.2, -0.15) is 4.31 Å². The van der Waals surface area contributed by atoms with Gasteiger partial charge in [0.2, 0.25) is 15.9 Å². The predicted molar refractivity (Wildman–Crippen MR) is 89.5 cm³/mol. The van der Waals surface area contributed by atoms with E-state index in [0.29, 0.717) is 19.5 Å². The first-order valence-corrected chi connectivity index (χ1v) is 9.44. The van der Waals surface area contributed by atoms with Crippen molar-refractivity contribution in [2.24, 2.45) is 5.92 Å². The SMILES string of the molecule is CC(C)CC(=O)NNC(=O)c1cccc(S(=O)(=O)N2CCCC2)c1. The number of hydrazine groups is 1. The van der Waals surface area contributed by atoms with Gasteiger partial charge in [-0.15, -0.1) is 0 Å². The molecule has 1 fully saturated rings. The van der Waals surface area contributed by atoms with E-state index in [4.69, 9.17) is 0 Å². The predicted octanol–water partition coefficient (Wildman–Crippen LogP) is 1.28. The molecule has 0 spiro atoms. The molecule has 1 aliphatic heterocycles. The van der Waals surface area contributed by atoms with E-state index < -0.39 is 15.9 Å². The summed E-state index contributed by atoms with van der Waals surface area (Å²) in [5.74, 6) is -0.666. The molecule has 0 radical (unpaired) electrons. The van der Waals surface area contributed by atoms with Gasteiger partial charge in [0.05, 0.1) is 4.90 Å². The Morgan fingerprint density at radius 3 is 2.46 bits per heavy atom. The number of carbonyl (C=O) groups excluding carboxylic acids is 2. The molecule has 8 heteroatoms. The van der Waals surface area contributed by atoms with Crippen molar-refractivity contribution in [1.82, 2.24) is 15.2 Å². The highest BCUT2D eigenvalue weighted by molar-refractivity contribution is 7.89. The second-order valence-electron chi connectivity index (χ2n) is 6.24. The van der Waals surface area contributed by atoms with E-state index in [9.17, 15) is 18.0 Å². The first-order valence-electron chi connectivity index (χ1n) is 8.00. The fraction of sp³-hybridized carbons (Fsp3) is 0.500. The van der Waals surface area contributed by atoms with Crippen molar-refractivity contribution in [3.8, 4) is 0 Å². The maximum Gasteiger partial charge on any atom is 0.269 e. The molecule has 0 aliphatic carbocycles. The quantitative estimate of drug-likeness (QED) is 0.780. The average Bonchev–Trinajstić information content (AvgIpc) is 3.07. The van der Waals surface area contributed by atoms with Crippen molar-refractivity contribution in [2.75, 3.05) is 13.1 Å². The lowest BCUT2D eigenvalue weighted by atomic mass is 10.1. The molecule has 132 valence electrons. The molecule has 0 unspecified atom stereocenters. The molecule has 1 saturated heterocycles. The van der Waals surface area contributed by atoms with Crippen LogP contribution in [0.15, 0.2) is 29.2 Å². The third-order valence-electron chi connectivity index (χ3n) is 3.71. The van der Waals surface area contributed by atoms with Crippen LogP contribution in [0.25, 0.3) is 0 Å². The summed E-state index contributed by atoms with van der Waals surface area (Å²) in [6.45, 7) is 4.80. The maximum absolute atomic E-state index is 12.5. The molecule has 2 amide bonds. The molecule has 1 aromatic rings. The molecule has 0 bridgehead atoms. The van der Waals surface area contributed by atoms with E-state index in [1.165, 1.54) is 28.6 Å². The van der Waals surface area contributed by atoms with Crippen LogP contribution in [-0.2, 0) is 14.8 Å². The van der Waals surface area contributed by atoms with E-state index in [0.717, 1.165) is 12.8 Å². The van der Waals surface area contributed by atoms with Gasteiger partial charge in [0.1, 0.15) is 0 Å². The summed E-state index contributed by atoms with van der Waals surface area (Å²) in [5.41, 5.74) is 4.81. The largest absolute Gasteiger partial charge is 0.273 e. The Morgan fingerprint density at radius 1 is 1.17 bits per heavy atom. The lowest BCUT2D eigenvalue weighted by Crippen LogP contribution is -2.42. The number of hydrogen-bond donors (Lipinski definition) is 2.